The van der Waals surface area contributed by atoms with Crippen molar-refractivity contribution in [2.45, 2.75) is 13.3 Å². The molecule has 1 unspecified atom stereocenters. The van der Waals surface area contributed by atoms with Crippen molar-refractivity contribution in [1.82, 2.24) is 0 Å². The summed E-state index contributed by atoms with van der Waals surface area (Å²) in [4.78, 5) is 9.26. The van der Waals surface area contributed by atoms with Crippen molar-refractivity contribution in [3.05, 3.63) is 12.2 Å². The first-order valence-electron chi connectivity index (χ1n) is 3.63. The van der Waals surface area contributed by atoms with Gasteiger partial charge in [-0.25, -0.2) is 0 Å². The fraction of sp³-hybridized carbons (Fsp3) is 0.714. The summed E-state index contributed by atoms with van der Waals surface area (Å²) in [5, 5.41) is 0. The van der Waals surface area contributed by atoms with Crippen LogP contribution in [0.15, 0.2) is 12.2 Å². The molecule has 4 heteroatoms. The monoisotopic (exact) mass is 177 g/mol. The van der Waals surface area contributed by atoms with Gasteiger partial charge in [-0.15, -0.1) is 0 Å². The Bertz CT molecular complexity index is 179. The SMILES string of the molecule is C=C(C)CP(=O)(O)CCCN. The van der Waals surface area contributed by atoms with Crippen molar-refractivity contribution >= 4 is 7.37 Å². The van der Waals surface area contributed by atoms with Gasteiger partial charge in [0.15, 0.2) is 0 Å². The van der Waals surface area contributed by atoms with Gasteiger partial charge in [0.1, 0.15) is 0 Å². The predicted molar refractivity (Wildman–Crippen MR) is 48.0 cm³/mol. The van der Waals surface area contributed by atoms with Crippen molar-refractivity contribution in [2.75, 3.05) is 18.9 Å². The maximum Gasteiger partial charge on any atom is 0.204 e. The summed E-state index contributed by atoms with van der Waals surface area (Å²) in [5.41, 5.74) is 5.97. The van der Waals surface area contributed by atoms with Crippen LogP contribution in [0.2, 0.25) is 0 Å². The van der Waals surface area contributed by atoms with Gasteiger partial charge in [-0.1, -0.05) is 12.2 Å². The van der Waals surface area contributed by atoms with E-state index in [1.165, 1.54) is 0 Å². The Hall–Kier alpha value is -0.110. The molecule has 66 valence electrons. The van der Waals surface area contributed by atoms with Crippen LogP contribution in [0.1, 0.15) is 13.3 Å². The molecule has 1 atom stereocenters. The number of allylic oxidation sites excluding steroid dienone is 1. The lowest BCUT2D eigenvalue weighted by molar-refractivity contribution is 0.479. The highest BCUT2D eigenvalue weighted by Crippen LogP contribution is 2.42. The summed E-state index contributed by atoms with van der Waals surface area (Å²) in [6.45, 7) is 5.81. The fourth-order valence-electron chi connectivity index (χ4n) is 0.839. The highest BCUT2D eigenvalue weighted by atomic mass is 31.2. The number of hydrogen-bond donors (Lipinski definition) is 2. The molecule has 3 nitrogen and oxygen atoms in total. The molecule has 0 rings (SSSR count). The van der Waals surface area contributed by atoms with Crippen LogP contribution >= 0.6 is 7.37 Å². The van der Waals surface area contributed by atoms with Crippen LogP contribution in [-0.4, -0.2) is 23.8 Å². The van der Waals surface area contributed by atoms with E-state index in [9.17, 15) is 9.46 Å². The van der Waals surface area contributed by atoms with E-state index in [1.807, 2.05) is 0 Å². The maximum atomic E-state index is 11.2. The molecule has 0 saturated carbocycles. The Balaban J connectivity index is 3.80. The van der Waals surface area contributed by atoms with Gasteiger partial charge in [0, 0.05) is 12.3 Å². The van der Waals surface area contributed by atoms with Gasteiger partial charge in [0.05, 0.1) is 0 Å². The third-order valence-corrected chi connectivity index (χ3v) is 3.28. The standard InChI is InChI=1S/C7H16NO2P/c1-7(2)6-11(9,10)5-3-4-8/h1,3-6,8H2,2H3,(H,9,10). The Morgan fingerprint density at radius 2 is 2.27 bits per heavy atom. The normalized spacial score (nSPS) is 15.9. The minimum Gasteiger partial charge on any atom is -0.344 e. The average Bonchev–Trinajstić information content (AvgIpc) is 1.81. The minimum absolute atomic E-state index is 0.229. The van der Waals surface area contributed by atoms with Gasteiger partial charge in [0.2, 0.25) is 7.37 Å². The van der Waals surface area contributed by atoms with E-state index in [-0.39, 0.29) is 6.16 Å². The molecule has 0 saturated heterocycles. The largest absolute Gasteiger partial charge is 0.344 e. The Morgan fingerprint density at radius 1 is 1.73 bits per heavy atom. The van der Waals surface area contributed by atoms with Gasteiger partial charge in [-0.05, 0) is 19.9 Å². The van der Waals surface area contributed by atoms with Crippen LogP contribution in [-0.2, 0) is 4.57 Å². The molecule has 0 aromatic carbocycles. The summed E-state index contributed by atoms with van der Waals surface area (Å²) in [7, 11) is -2.94. The molecule has 0 spiro atoms. The Kier molecular flexibility index (Phi) is 4.66. The van der Waals surface area contributed by atoms with Crippen molar-refractivity contribution in [2.24, 2.45) is 5.73 Å². The summed E-state index contributed by atoms with van der Waals surface area (Å²) < 4.78 is 11.2. The number of rotatable bonds is 5. The lowest BCUT2D eigenvalue weighted by Crippen LogP contribution is -2.03. The quantitative estimate of drug-likeness (QED) is 0.489. The Labute approximate surface area is 67.7 Å². The highest BCUT2D eigenvalue weighted by Gasteiger charge is 2.16. The zero-order chi connectivity index (χ0) is 8.91. The first-order chi connectivity index (χ1) is 4.98. The van der Waals surface area contributed by atoms with E-state index in [2.05, 4.69) is 6.58 Å². The zero-order valence-electron chi connectivity index (χ0n) is 6.92. The second-order valence-corrected chi connectivity index (χ2v) is 5.28. The third-order valence-electron chi connectivity index (χ3n) is 1.23. The topological polar surface area (TPSA) is 63.3 Å². The molecule has 0 aliphatic rings. The lowest BCUT2D eigenvalue weighted by atomic mass is 10.4. The van der Waals surface area contributed by atoms with Crippen LogP contribution in [0.4, 0.5) is 0 Å². The van der Waals surface area contributed by atoms with Gasteiger partial charge in [-0.3, -0.25) is 4.57 Å². The summed E-state index contributed by atoms with van der Waals surface area (Å²) >= 11 is 0. The van der Waals surface area contributed by atoms with Crippen molar-refractivity contribution < 1.29 is 9.46 Å². The lowest BCUT2D eigenvalue weighted by Gasteiger charge is -2.09. The average molecular weight is 177 g/mol. The fourth-order valence-corrected chi connectivity index (χ4v) is 2.52. The van der Waals surface area contributed by atoms with Crippen LogP contribution < -0.4 is 5.73 Å². The number of nitrogens with two attached hydrogens (primary N) is 1. The molecule has 11 heavy (non-hydrogen) atoms. The van der Waals surface area contributed by atoms with E-state index in [4.69, 9.17) is 5.73 Å². The van der Waals surface area contributed by atoms with Crippen molar-refractivity contribution in [1.29, 1.82) is 0 Å². The van der Waals surface area contributed by atoms with Crippen LogP contribution in [0, 0.1) is 0 Å². The minimum atomic E-state index is -2.94. The number of hydrogen-bond acceptors (Lipinski definition) is 2. The molecule has 0 fully saturated rings. The van der Waals surface area contributed by atoms with Gasteiger partial charge in [0.25, 0.3) is 0 Å². The maximum absolute atomic E-state index is 11.2. The first-order valence-corrected chi connectivity index (χ1v) is 5.66. The third kappa shape index (κ3) is 6.29. The van der Waals surface area contributed by atoms with Crippen LogP contribution in [0.3, 0.4) is 0 Å². The molecule has 3 N–H and O–H groups in total. The smallest absolute Gasteiger partial charge is 0.204 e. The summed E-state index contributed by atoms with van der Waals surface area (Å²) in [5.74, 6) is 0. The molecule has 0 aromatic rings. The van der Waals surface area contributed by atoms with E-state index < -0.39 is 7.37 Å². The molecule has 0 amide bonds. The molecule has 0 aromatic heterocycles. The van der Waals surface area contributed by atoms with E-state index in [0.717, 1.165) is 5.57 Å². The first kappa shape index (κ1) is 10.9. The molecule has 0 bridgehead atoms. The molecule has 0 radical (unpaired) electrons. The van der Waals surface area contributed by atoms with E-state index in [1.54, 1.807) is 6.92 Å². The zero-order valence-corrected chi connectivity index (χ0v) is 7.81. The van der Waals surface area contributed by atoms with Gasteiger partial charge >= 0.3 is 0 Å². The predicted octanol–water partition coefficient (Wildman–Crippen LogP) is 1.18. The van der Waals surface area contributed by atoms with Gasteiger partial charge in [-0.2, -0.15) is 0 Å². The molecule has 0 heterocycles. The van der Waals surface area contributed by atoms with Gasteiger partial charge < -0.3 is 10.6 Å². The summed E-state index contributed by atoms with van der Waals surface area (Å²) in [6.07, 6.45) is 1.16. The van der Waals surface area contributed by atoms with Crippen molar-refractivity contribution in [3.63, 3.8) is 0 Å². The molecule has 0 aliphatic carbocycles. The molecule has 0 aliphatic heterocycles. The summed E-state index contributed by atoms with van der Waals surface area (Å²) in [6, 6.07) is 0. The van der Waals surface area contributed by atoms with Crippen molar-refractivity contribution in [3.8, 4) is 0 Å². The van der Waals surface area contributed by atoms with Crippen LogP contribution in [0.25, 0.3) is 0 Å². The highest BCUT2D eigenvalue weighted by molar-refractivity contribution is 7.58. The molecular formula is C7H16NO2P. The van der Waals surface area contributed by atoms with Crippen LogP contribution in [0.5, 0.6) is 0 Å². The van der Waals surface area contributed by atoms with E-state index >= 15 is 0 Å². The molecular weight excluding hydrogens is 161 g/mol. The van der Waals surface area contributed by atoms with E-state index in [0.29, 0.717) is 19.1 Å². The second-order valence-electron chi connectivity index (χ2n) is 2.83. The Morgan fingerprint density at radius 3 is 2.64 bits per heavy atom. The second kappa shape index (κ2) is 4.70.